The van der Waals surface area contributed by atoms with Gasteiger partial charge in [-0.1, -0.05) is 0 Å². The molecule has 1 aliphatic heterocycles. The standard InChI is InChI=1S/C16H18N4OS/c1-17-15-8-11-9-20(6-5-12(11)18-19-15)16(21)14-7-10-3-2-4-13(10)22-14/h7-8H,2-6,9H2,1H3,(H,17,19). The van der Waals surface area contributed by atoms with Crippen LogP contribution < -0.4 is 5.32 Å². The van der Waals surface area contributed by atoms with Gasteiger partial charge in [-0.05, 0) is 42.5 Å². The summed E-state index contributed by atoms with van der Waals surface area (Å²) in [5, 5.41) is 11.4. The van der Waals surface area contributed by atoms with E-state index in [0.717, 1.165) is 47.8 Å². The molecule has 2 aromatic heterocycles. The quantitative estimate of drug-likeness (QED) is 0.924. The van der Waals surface area contributed by atoms with E-state index in [1.54, 1.807) is 11.3 Å². The van der Waals surface area contributed by atoms with Crippen molar-refractivity contribution in [2.45, 2.75) is 32.2 Å². The molecule has 0 atom stereocenters. The highest BCUT2D eigenvalue weighted by Gasteiger charge is 2.26. The predicted octanol–water partition coefficient (Wildman–Crippen LogP) is 2.27. The van der Waals surface area contributed by atoms with Crippen LogP contribution in [-0.4, -0.2) is 34.6 Å². The monoisotopic (exact) mass is 314 g/mol. The van der Waals surface area contributed by atoms with Gasteiger partial charge < -0.3 is 10.2 Å². The van der Waals surface area contributed by atoms with Gasteiger partial charge in [-0.25, -0.2) is 0 Å². The van der Waals surface area contributed by atoms with E-state index in [2.05, 4.69) is 21.6 Å². The number of hydrogen-bond donors (Lipinski definition) is 1. The second kappa shape index (κ2) is 5.35. The van der Waals surface area contributed by atoms with Crippen LogP contribution in [0.2, 0.25) is 0 Å². The maximum absolute atomic E-state index is 12.8. The summed E-state index contributed by atoms with van der Waals surface area (Å²) in [7, 11) is 1.83. The molecule has 5 nitrogen and oxygen atoms in total. The van der Waals surface area contributed by atoms with Crippen LogP contribution in [0.1, 0.15) is 37.8 Å². The molecule has 2 aliphatic rings. The number of hydrogen-bond acceptors (Lipinski definition) is 5. The van der Waals surface area contributed by atoms with E-state index in [4.69, 9.17) is 0 Å². The molecule has 0 aromatic carbocycles. The van der Waals surface area contributed by atoms with Crippen LogP contribution in [0.3, 0.4) is 0 Å². The molecule has 4 rings (SSSR count). The van der Waals surface area contributed by atoms with Crippen molar-refractivity contribution in [2.75, 3.05) is 18.9 Å². The van der Waals surface area contributed by atoms with Crippen LogP contribution in [-0.2, 0) is 25.8 Å². The number of anilines is 1. The van der Waals surface area contributed by atoms with Crippen molar-refractivity contribution in [1.29, 1.82) is 0 Å². The number of fused-ring (bicyclic) bond motifs is 2. The third-order valence-corrected chi connectivity index (χ3v) is 5.67. The zero-order chi connectivity index (χ0) is 15.1. The van der Waals surface area contributed by atoms with Crippen LogP contribution in [0.25, 0.3) is 0 Å². The number of carbonyl (C=O) groups is 1. The highest BCUT2D eigenvalue weighted by molar-refractivity contribution is 7.14. The fraction of sp³-hybridized carbons (Fsp3) is 0.438. The molecule has 2 aromatic rings. The number of rotatable bonds is 2. The summed E-state index contributed by atoms with van der Waals surface area (Å²) >= 11 is 1.68. The molecule has 0 radical (unpaired) electrons. The van der Waals surface area contributed by atoms with E-state index >= 15 is 0 Å². The summed E-state index contributed by atoms with van der Waals surface area (Å²) in [5.41, 5.74) is 3.49. The zero-order valence-corrected chi connectivity index (χ0v) is 13.4. The van der Waals surface area contributed by atoms with Gasteiger partial charge in [-0.15, -0.1) is 16.4 Å². The molecule has 1 aliphatic carbocycles. The van der Waals surface area contributed by atoms with Crippen LogP contribution >= 0.6 is 11.3 Å². The van der Waals surface area contributed by atoms with Crippen molar-refractivity contribution in [3.63, 3.8) is 0 Å². The fourth-order valence-corrected chi connectivity index (χ4v) is 4.44. The van der Waals surface area contributed by atoms with Crippen molar-refractivity contribution in [1.82, 2.24) is 15.1 Å². The molecule has 1 amide bonds. The number of aryl methyl sites for hydroxylation is 2. The molecule has 0 unspecified atom stereocenters. The summed E-state index contributed by atoms with van der Waals surface area (Å²) in [5.74, 6) is 0.913. The molecular formula is C16H18N4OS. The van der Waals surface area contributed by atoms with Gasteiger partial charge in [0, 0.05) is 31.4 Å². The minimum absolute atomic E-state index is 0.160. The van der Waals surface area contributed by atoms with E-state index in [1.807, 2.05) is 18.0 Å². The van der Waals surface area contributed by atoms with Gasteiger partial charge in [0.2, 0.25) is 0 Å². The van der Waals surface area contributed by atoms with E-state index < -0.39 is 0 Å². The Balaban J connectivity index is 1.56. The average molecular weight is 314 g/mol. The molecular weight excluding hydrogens is 296 g/mol. The summed E-state index contributed by atoms with van der Waals surface area (Å²) in [6, 6.07) is 4.10. The van der Waals surface area contributed by atoms with Gasteiger partial charge in [0.25, 0.3) is 5.91 Å². The average Bonchev–Trinajstić information content (AvgIpc) is 3.14. The van der Waals surface area contributed by atoms with Crippen LogP contribution in [0.5, 0.6) is 0 Å². The third kappa shape index (κ3) is 2.27. The minimum Gasteiger partial charge on any atom is -0.372 e. The number of nitrogens with one attached hydrogen (secondary N) is 1. The highest BCUT2D eigenvalue weighted by Crippen LogP contribution is 2.32. The molecule has 0 fully saturated rings. The van der Waals surface area contributed by atoms with Gasteiger partial charge in [0.15, 0.2) is 0 Å². The Labute approximate surface area is 133 Å². The topological polar surface area (TPSA) is 58.1 Å². The Morgan fingerprint density at radius 2 is 2.14 bits per heavy atom. The maximum Gasteiger partial charge on any atom is 0.264 e. The van der Waals surface area contributed by atoms with E-state index in [0.29, 0.717) is 6.54 Å². The number of nitrogens with zero attached hydrogens (tertiary/aromatic N) is 3. The van der Waals surface area contributed by atoms with Crippen molar-refractivity contribution in [3.8, 4) is 0 Å². The molecule has 0 saturated carbocycles. The van der Waals surface area contributed by atoms with Gasteiger partial charge >= 0.3 is 0 Å². The van der Waals surface area contributed by atoms with Crippen LogP contribution in [0, 0.1) is 0 Å². The van der Waals surface area contributed by atoms with Crippen LogP contribution in [0.15, 0.2) is 12.1 Å². The summed E-state index contributed by atoms with van der Waals surface area (Å²) < 4.78 is 0. The van der Waals surface area contributed by atoms with Gasteiger partial charge in [0.1, 0.15) is 5.82 Å². The molecule has 0 spiro atoms. The number of carbonyl (C=O) groups excluding carboxylic acids is 1. The molecule has 0 saturated heterocycles. The number of amides is 1. The lowest BCUT2D eigenvalue weighted by molar-refractivity contribution is 0.0738. The second-order valence-electron chi connectivity index (χ2n) is 5.84. The molecule has 1 N–H and O–H groups in total. The lowest BCUT2D eigenvalue weighted by atomic mass is 10.1. The minimum atomic E-state index is 0.160. The largest absolute Gasteiger partial charge is 0.372 e. The predicted molar refractivity (Wildman–Crippen MR) is 86.4 cm³/mol. The molecule has 3 heterocycles. The van der Waals surface area contributed by atoms with Crippen molar-refractivity contribution < 1.29 is 4.79 Å². The third-order valence-electron chi connectivity index (χ3n) is 4.44. The van der Waals surface area contributed by atoms with E-state index in [1.165, 1.54) is 16.9 Å². The van der Waals surface area contributed by atoms with Crippen molar-refractivity contribution in [3.05, 3.63) is 38.7 Å². The summed E-state index contributed by atoms with van der Waals surface area (Å²) in [6.07, 6.45) is 4.28. The van der Waals surface area contributed by atoms with E-state index in [9.17, 15) is 4.79 Å². The number of thiophene rings is 1. The van der Waals surface area contributed by atoms with Crippen molar-refractivity contribution >= 4 is 23.1 Å². The van der Waals surface area contributed by atoms with Crippen molar-refractivity contribution in [2.24, 2.45) is 0 Å². The first-order valence-corrected chi connectivity index (χ1v) is 8.50. The first-order valence-electron chi connectivity index (χ1n) is 7.68. The Bertz CT molecular complexity index is 718. The van der Waals surface area contributed by atoms with Gasteiger partial charge in [-0.2, -0.15) is 5.10 Å². The lowest BCUT2D eigenvalue weighted by Gasteiger charge is -2.27. The van der Waals surface area contributed by atoms with Gasteiger partial charge in [0.05, 0.1) is 10.6 Å². The maximum atomic E-state index is 12.8. The normalized spacial score (nSPS) is 16.3. The Morgan fingerprint density at radius 1 is 1.23 bits per heavy atom. The lowest BCUT2D eigenvalue weighted by Crippen LogP contribution is -2.36. The Hall–Kier alpha value is -1.95. The second-order valence-corrected chi connectivity index (χ2v) is 6.98. The Morgan fingerprint density at radius 3 is 2.95 bits per heavy atom. The first-order chi connectivity index (χ1) is 10.7. The van der Waals surface area contributed by atoms with Crippen LogP contribution in [0.4, 0.5) is 5.82 Å². The molecule has 114 valence electrons. The Kier molecular flexibility index (Phi) is 3.33. The van der Waals surface area contributed by atoms with Gasteiger partial charge in [-0.3, -0.25) is 4.79 Å². The molecule has 0 bridgehead atoms. The zero-order valence-electron chi connectivity index (χ0n) is 12.6. The highest BCUT2D eigenvalue weighted by atomic mass is 32.1. The molecule has 22 heavy (non-hydrogen) atoms. The number of aromatic nitrogens is 2. The fourth-order valence-electron chi connectivity index (χ4n) is 3.21. The molecule has 6 heteroatoms. The smallest absolute Gasteiger partial charge is 0.264 e. The van der Waals surface area contributed by atoms with E-state index in [-0.39, 0.29) is 5.91 Å². The SMILES string of the molecule is CNc1cc2c(nn1)CCN(C(=O)c1cc3c(s1)CCC3)C2. The summed E-state index contributed by atoms with van der Waals surface area (Å²) in [6.45, 7) is 1.35. The first kappa shape index (κ1) is 13.7. The summed E-state index contributed by atoms with van der Waals surface area (Å²) in [4.78, 5) is 17.0.